The normalized spacial score (nSPS) is 15.2. The van der Waals surface area contributed by atoms with Crippen LogP contribution < -0.4 is 5.32 Å². The lowest BCUT2D eigenvalue weighted by Crippen LogP contribution is -2.28. The Bertz CT molecular complexity index is 505. The monoisotopic (exact) mass is 493 g/mol. The lowest BCUT2D eigenvalue weighted by molar-refractivity contribution is -0.151. The molecular formula is C25H52NO6P. The van der Waals surface area contributed by atoms with Crippen molar-refractivity contribution < 1.29 is 28.3 Å². The van der Waals surface area contributed by atoms with Crippen LogP contribution in [-0.2, 0) is 23.4 Å². The topological polar surface area (TPSA) is 94.1 Å². The first kappa shape index (κ1) is 32.5. The fourth-order valence-corrected chi connectivity index (χ4v) is 4.72. The first-order chi connectivity index (χ1) is 15.8. The molecule has 0 spiro atoms. The van der Waals surface area contributed by atoms with E-state index in [4.69, 9.17) is 14.0 Å². The van der Waals surface area contributed by atoms with E-state index < -0.39 is 19.7 Å². The summed E-state index contributed by atoms with van der Waals surface area (Å²) >= 11 is 0. The molecule has 0 fully saturated rings. The molecule has 33 heavy (non-hydrogen) atoms. The molecule has 0 aromatic rings. The van der Waals surface area contributed by atoms with E-state index in [0.29, 0.717) is 19.1 Å². The molecule has 3 atom stereocenters. The van der Waals surface area contributed by atoms with Crippen LogP contribution in [0.2, 0.25) is 0 Å². The van der Waals surface area contributed by atoms with E-state index in [-0.39, 0.29) is 19.4 Å². The van der Waals surface area contributed by atoms with E-state index in [0.717, 1.165) is 6.42 Å². The quantitative estimate of drug-likeness (QED) is 0.0955. The van der Waals surface area contributed by atoms with Gasteiger partial charge in [-0.15, -0.1) is 0 Å². The maximum Gasteiger partial charge on any atom is 0.329 e. The third-order valence-electron chi connectivity index (χ3n) is 5.70. The van der Waals surface area contributed by atoms with Gasteiger partial charge in [-0.1, -0.05) is 90.9 Å². The number of esters is 1. The lowest BCUT2D eigenvalue weighted by atomic mass is 10.0. The van der Waals surface area contributed by atoms with Crippen LogP contribution in [0.1, 0.15) is 104 Å². The van der Waals surface area contributed by atoms with Gasteiger partial charge in [-0.3, -0.25) is 9.36 Å². The third-order valence-corrected chi connectivity index (χ3v) is 7.04. The number of unbranched alkanes of at least 4 members (excludes halogenated alkanes) is 11. The Hall–Kier alpha value is -0.460. The maximum atomic E-state index is 12.0. The fraction of sp³-hybridized carbons (Fsp3) is 0.960. The van der Waals surface area contributed by atoms with Crippen molar-refractivity contribution in [3.8, 4) is 0 Å². The summed E-state index contributed by atoms with van der Waals surface area (Å²) in [5.41, 5.74) is 0. The number of rotatable bonds is 24. The summed E-state index contributed by atoms with van der Waals surface area (Å²) in [7, 11) is -2.00. The number of ether oxygens (including phenoxy) is 2. The van der Waals surface area contributed by atoms with E-state index in [1.165, 1.54) is 84.0 Å². The average molecular weight is 494 g/mol. The molecule has 0 aromatic heterocycles. The van der Waals surface area contributed by atoms with Crippen LogP contribution in [0, 0.1) is 5.92 Å². The highest BCUT2D eigenvalue weighted by Crippen LogP contribution is 2.41. The molecule has 3 unspecified atom stereocenters. The van der Waals surface area contributed by atoms with Gasteiger partial charge in [0.05, 0.1) is 19.4 Å². The number of hydrogen-bond acceptors (Lipinski definition) is 6. The summed E-state index contributed by atoms with van der Waals surface area (Å²) in [4.78, 5) is 21.1. The number of hydrogen-bond donors (Lipinski definition) is 2. The van der Waals surface area contributed by atoms with Crippen molar-refractivity contribution in [3.05, 3.63) is 0 Å². The highest BCUT2D eigenvalue weighted by Gasteiger charge is 2.23. The SMILES string of the molecule is CCCCCCCCCCCCCCC(C)COCC(COP(=O)(O)CCNC)OC(C)=O. The largest absolute Gasteiger partial charge is 0.458 e. The summed E-state index contributed by atoms with van der Waals surface area (Å²) in [6, 6.07) is 0. The van der Waals surface area contributed by atoms with Crippen LogP contribution >= 0.6 is 7.60 Å². The van der Waals surface area contributed by atoms with E-state index in [9.17, 15) is 14.3 Å². The van der Waals surface area contributed by atoms with E-state index in [1.54, 1.807) is 7.05 Å². The first-order valence-corrected chi connectivity index (χ1v) is 14.9. The molecule has 8 heteroatoms. The zero-order chi connectivity index (χ0) is 24.8. The molecule has 198 valence electrons. The van der Waals surface area contributed by atoms with E-state index >= 15 is 0 Å². The Balaban J connectivity index is 3.80. The van der Waals surface area contributed by atoms with Gasteiger partial charge in [0.25, 0.3) is 0 Å². The molecule has 0 bridgehead atoms. The molecule has 0 saturated carbocycles. The standard InChI is InChI=1S/C25H52NO6P/c1-5-6-7-8-9-10-11-12-13-14-15-16-17-23(2)20-30-21-25(32-24(3)27)22-31-33(28,29)19-18-26-4/h23,25-26H,5-22H2,1-4H3,(H,28,29). The summed E-state index contributed by atoms with van der Waals surface area (Å²) < 4.78 is 28.0. The molecule has 7 nitrogen and oxygen atoms in total. The van der Waals surface area contributed by atoms with Crippen LogP contribution in [0.25, 0.3) is 0 Å². The van der Waals surface area contributed by atoms with Gasteiger partial charge in [0.2, 0.25) is 0 Å². The molecule has 0 aliphatic carbocycles. The lowest BCUT2D eigenvalue weighted by Gasteiger charge is -2.20. The zero-order valence-corrected chi connectivity index (χ0v) is 22.7. The fourth-order valence-electron chi connectivity index (χ4n) is 3.69. The molecule has 0 saturated heterocycles. The molecule has 0 aromatic carbocycles. The molecule has 0 radical (unpaired) electrons. The maximum absolute atomic E-state index is 12.0. The highest BCUT2D eigenvalue weighted by atomic mass is 31.2. The predicted molar refractivity (Wildman–Crippen MR) is 136 cm³/mol. The van der Waals surface area contributed by atoms with Gasteiger partial charge in [0.1, 0.15) is 6.10 Å². The zero-order valence-electron chi connectivity index (χ0n) is 21.8. The van der Waals surface area contributed by atoms with Crippen molar-refractivity contribution in [2.45, 2.75) is 110 Å². The molecule has 2 N–H and O–H groups in total. The molecular weight excluding hydrogens is 441 g/mol. The second kappa shape index (κ2) is 22.0. The Kier molecular flexibility index (Phi) is 21.7. The van der Waals surface area contributed by atoms with Crippen molar-refractivity contribution in [1.82, 2.24) is 5.32 Å². The van der Waals surface area contributed by atoms with Crippen LogP contribution in [0.15, 0.2) is 0 Å². The molecule has 0 heterocycles. The smallest absolute Gasteiger partial charge is 0.329 e. The van der Waals surface area contributed by atoms with Crippen molar-refractivity contribution in [2.24, 2.45) is 5.92 Å². The number of nitrogens with one attached hydrogen (secondary N) is 1. The van der Waals surface area contributed by atoms with Crippen LogP contribution in [0.5, 0.6) is 0 Å². The summed E-state index contributed by atoms with van der Waals surface area (Å²) in [6.07, 6.45) is 16.6. The number of carbonyl (C=O) groups is 1. The van der Waals surface area contributed by atoms with Gasteiger partial charge in [-0.25, -0.2) is 0 Å². The Morgan fingerprint density at radius 2 is 1.45 bits per heavy atom. The van der Waals surface area contributed by atoms with Gasteiger partial charge >= 0.3 is 13.6 Å². The number of carbonyl (C=O) groups excluding carboxylic acids is 1. The third kappa shape index (κ3) is 23.1. The molecule has 0 amide bonds. The van der Waals surface area contributed by atoms with Gasteiger partial charge in [-0.2, -0.15) is 0 Å². The van der Waals surface area contributed by atoms with Crippen molar-refractivity contribution in [3.63, 3.8) is 0 Å². The minimum Gasteiger partial charge on any atom is -0.458 e. The van der Waals surface area contributed by atoms with Crippen molar-refractivity contribution >= 4 is 13.6 Å². The van der Waals surface area contributed by atoms with Crippen molar-refractivity contribution in [2.75, 3.05) is 39.6 Å². The summed E-state index contributed by atoms with van der Waals surface area (Å²) in [5, 5.41) is 2.81. The molecule has 0 rings (SSSR count). The van der Waals surface area contributed by atoms with Crippen LogP contribution in [0.4, 0.5) is 0 Å². The van der Waals surface area contributed by atoms with Gasteiger partial charge in [0, 0.05) is 20.1 Å². The minimum atomic E-state index is -3.70. The first-order valence-electron chi connectivity index (χ1n) is 13.2. The Morgan fingerprint density at radius 3 is 1.97 bits per heavy atom. The van der Waals surface area contributed by atoms with E-state index in [2.05, 4.69) is 19.2 Å². The molecule has 0 aliphatic heterocycles. The van der Waals surface area contributed by atoms with Gasteiger partial charge in [-0.05, 0) is 19.4 Å². The van der Waals surface area contributed by atoms with Gasteiger partial charge in [0.15, 0.2) is 0 Å². The second-order valence-electron chi connectivity index (χ2n) is 9.31. The average Bonchev–Trinajstić information content (AvgIpc) is 2.76. The van der Waals surface area contributed by atoms with Gasteiger partial charge < -0.3 is 24.2 Å². The van der Waals surface area contributed by atoms with Crippen LogP contribution in [-0.4, -0.2) is 56.5 Å². The van der Waals surface area contributed by atoms with Crippen molar-refractivity contribution in [1.29, 1.82) is 0 Å². The summed E-state index contributed by atoms with van der Waals surface area (Å²) in [5.74, 6) is -0.0358. The molecule has 0 aliphatic rings. The second-order valence-corrected chi connectivity index (χ2v) is 11.3. The Labute approximate surface area is 203 Å². The van der Waals surface area contributed by atoms with E-state index in [1.807, 2.05) is 0 Å². The summed E-state index contributed by atoms with van der Waals surface area (Å²) in [6.45, 7) is 6.70. The minimum absolute atomic E-state index is 0.00717. The Morgan fingerprint density at radius 1 is 0.909 bits per heavy atom. The van der Waals surface area contributed by atoms with Crippen LogP contribution in [0.3, 0.4) is 0 Å². The predicted octanol–water partition coefficient (Wildman–Crippen LogP) is 6.08. The highest BCUT2D eigenvalue weighted by molar-refractivity contribution is 7.52.